The fourth-order valence-corrected chi connectivity index (χ4v) is 10.5. The van der Waals surface area contributed by atoms with E-state index in [9.17, 15) is 61.0 Å². The van der Waals surface area contributed by atoms with E-state index in [1.807, 2.05) is 6.08 Å². The van der Waals surface area contributed by atoms with Crippen LogP contribution >= 0.6 is 0 Å². The lowest BCUT2D eigenvalue weighted by molar-refractivity contribution is -0.379. The minimum atomic E-state index is -1.98. The molecule has 3 heterocycles. The van der Waals surface area contributed by atoms with Crippen LogP contribution in [0.25, 0.3) is 0 Å². The van der Waals surface area contributed by atoms with E-state index in [-0.39, 0.29) is 18.9 Å². The van der Waals surface area contributed by atoms with Gasteiger partial charge in [0.25, 0.3) is 0 Å². The summed E-state index contributed by atoms with van der Waals surface area (Å²) in [6.45, 7) is 1.68. The molecule has 0 spiro atoms. The summed E-state index contributed by atoms with van der Waals surface area (Å²) in [5.74, 6) is -0.288. The van der Waals surface area contributed by atoms with Gasteiger partial charge in [-0.05, 0) is 44.9 Å². The van der Waals surface area contributed by atoms with Crippen molar-refractivity contribution in [3.05, 3.63) is 36.5 Å². The molecule has 0 aromatic carbocycles. The van der Waals surface area contributed by atoms with Gasteiger partial charge in [0.1, 0.15) is 73.2 Å². The zero-order valence-corrected chi connectivity index (χ0v) is 48.8. The highest BCUT2D eigenvalue weighted by Gasteiger charge is 2.53. The summed E-state index contributed by atoms with van der Waals surface area (Å²) in [6, 6.07) is -0.992. The lowest BCUT2D eigenvalue weighted by Gasteiger charge is -2.48. The average Bonchev–Trinajstić information content (AvgIpc) is 3.50. The highest BCUT2D eigenvalue weighted by atomic mass is 16.8. The van der Waals surface area contributed by atoms with Crippen molar-refractivity contribution in [2.75, 3.05) is 26.4 Å². The Bertz CT molecular complexity index is 1600. The molecule has 0 radical (unpaired) electrons. The van der Waals surface area contributed by atoms with Gasteiger partial charge in [0, 0.05) is 6.42 Å². The van der Waals surface area contributed by atoms with E-state index < -0.39 is 124 Å². The van der Waals surface area contributed by atoms with Crippen molar-refractivity contribution in [3.63, 3.8) is 0 Å². The molecular formula is C61H111NO18. The number of carbonyl (C=O) groups is 1. The summed E-state index contributed by atoms with van der Waals surface area (Å²) in [7, 11) is 0. The van der Waals surface area contributed by atoms with Crippen LogP contribution in [0.1, 0.15) is 213 Å². The summed E-state index contributed by atoms with van der Waals surface area (Å²) in [4.78, 5) is 13.3. The summed E-state index contributed by atoms with van der Waals surface area (Å²) in [5, 5.41) is 120. The van der Waals surface area contributed by atoms with Crippen molar-refractivity contribution in [2.45, 2.75) is 317 Å². The van der Waals surface area contributed by atoms with Crippen molar-refractivity contribution in [1.29, 1.82) is 0 Å². The molecule has 3 aliphatic rings. The van der Waals surface area contributed by atoms with E-state index in [4.69, 9.17) is 28.4 Å². The molecule has 3 fully saturated rings. The number of amides is 1. The van der Waals surface area contributed by atoms with Gasteiger partial charge < -0.3 is 89.9 Å². The van der Waals surface area contributed by atoms with Crippen molar-refractivity contribution >= 4 is 5.91 Å². The number of aliphatic hydroxyl groups is 11. The van der Waals surface area contributed by atoms with Gasteiger partial charge >= 0.3 is 0 Å². The molecule has 17 unspecified atom stereocenters. The van der Waals surface area contributed by atoms with E-state index in [0.717, 1.165) is 44.9 Å². The van der Waals surface area contributed by atoms with Crippen molar-refractivity contribution in [3.8, 4) is 0 Å². The van der Waals surface area contributed by atoms with Crippen molar-refractivity contribution in [1.82, 2.24) is 5.32 Å². The van der Waals surface area contributed by atoms with Gasteiger partial charge in [-0.3, -0.25) is 4.79 Å². The highest BCUT2D eigenvalue weighted by Crippen LogP contribution is 2.33. The minimum absolute atomic E-state index is 0.235. The number of aliphatic hydroxyl groups excluding tert-OH is 11. The second-order valence-electron chi connectivity index (χ2n) is 22.5. The summed E-state index contributed by atoms with van der Waals surface area (Å²) in [5.41, 5.74) is 0. The van der Waals surface area contributed by atoms with Gasteiger partial charge in [-0.1, -0.05) is 198 Å². The molecule has 0 bridgehead atoms. The maximum atomic E-state index is 13.3. The molecule has 1 amide bonds. The van der Waals surface area contributed by atoms with Crippen LogP contribution in [-0.4, -0.2) is 193 Å². The van der Waals surface area contributed by atoms with Crippen LogP contribution in [0.5, 0.6) is 0 Å². The normalized spacial score (nSPS) is 30.2. The Morgan fingerprint density at radius 3 is 1.25 bits per heavy atom. The van der Waals surface area contributed by atoms with Crippen LogP contribution in [0.15, 0.2) is 36.5 Å². The van der Waals surface area contributed by atoms with Crippen LogP contribution in [0.3, 0.4) is 0 Å². The van der Waals surface area contributed by atoms with E-state index in [1.54, 1.807) is 6.08 Å². The lowest BCUT2D eigenvalue weighted by atomic mass is 9.96. The third kappa shape index (κ3) is 27.8. The number of ether oxygens (including phenoxy) is 6. The first-order valence-corrected chi connectivity index (χ1v) is 31.2. The fourth-order valence-electron chi connectivity index (χ4n) is 10.5. The molecule has 19 heteroatoms. The van der Waals surface area contributed by atoms with Crippen LogP contribution in [0.2, 0.25) is 0 Å². The Labute approximate surface area is 479 Å². The predicted molar refractivity (Wildman–Crippen MR) is 305 cm³/mol. The maximum absolute atomic E-state index is 13.3. The van der Waals surface area contributed by atoms with Crippen LogP contribution in [0.4, 0.5) is 0 Å². The molecule has 12 N–H and O–H groups in total. The molecule has 0 saturated carbocycles. The summed E-state index contributed by atoms with van der Waals surface area (Å²) >= 11 is 0. The van der Waals surface area contributed by atoms with E-state index >= 15 is 0 Å². The first-order valence-electron chi connectivity index (χ1n) is 31.2. The predicted octanol–water partition coefficient (Wildman–Crippen LogP) is 6.10. The number of unbranched alkanes of at least 4 members (excludes halogenated alkanes) is 26. The van der Waals surface area contributed by atoms with E-state index in [2.05, 4.69) is 43.5 Å². The third-order valence-corrected chi connectivity index (χ3v) is 15.7. The SMILES string of the molecule is CCCCCC/C=C/CC/C=C/CC/C=C/C(O)C(COC1OC(CO)C(OC2OC(CO)C(OC3OC(CO)C(O)C(O)C3O)C(O)C2O)C(O)C1O)NC(=O)CCCCCCCCCCCCCCCCCCCCCCC. The van der Waals surface area contributed by atoms with Gasteiger partial charge in [-0.2, -0.15) is 0 Å². The fraction of sp³-hybridized carbons (Fsp3) is 0.885. The minimum Gasteiger partial charge on any atom is -0.394 e. The molecule has 0 aliphatic carbocycles. The average molecular weight is 1150 g/mol. The van der Waals surface area contributed by atoms with Gasteiger partial charge in [0.05, 0.1) is 38.6 Å². The molecule has 3 aliphatic heterocycles. The number of allylic oxidation sites excluding steroid dienone is 5. The molecule has 19 nitrogen and oxygen atoms in total. The van der Waals surface area contributed by atoms with Crippen molar-refractivity contribution in [2.24, 2.45) is 0 Å². The standard InChI is InChI=1S/C61H111NO18/c1-3-5-7-9-11-13-15-17-19-20-21-22-23-24-25-27-29-31-33-35-37-39-49(67)62-44(45(66)38-36-34-32-30-28-26-18-16-14-12-10-8-6-4-2)43-75-59-55(73)52(70)57(47(41-64)77-59)80-61-56(74)53(71)58(48(42-65)78-61)79-60-54(72)51(69)50(68)46(40-63)76-60/h14,16,28,30,36,38,44-48,50-61,63-66,68-74H,3-13,15,17-27,29,31-35,37,39-43H2,1-2H3,(H,62,67)/b16-14+,30-28+,38-36+. The van der Waals surface area contributed by atoms with E-state index in [1.165, 1.54) is 135 Å². The second-order valence-corrected chi connectivity index (χ2v) is 22.5. The molecule has 468 valence electrons. The molecule has 0 aromatic heterocycles. The zero-order chi connectivity index (χ0) is 58.3. The van der Waals surface area contributed by atoms with Crippen LogP contribution in [0, 0.1) is 0 Å². The maximum Gasteiger partial charge on any atom is 0.220 e. The quantitative estimate of drug-likeness (QED) is 0.0242. The monoisotopic (exact) mass is 1150 g/mol. The first-order chi connectivity index (χ1) is 38.8. The Morgan fingerprint density at radius 1 is 0.438 bits per heavy atom. The Kier molecular flexibility index (Phi) is 40.2. The molecular weight excluding hydrogens is 1030 g/mol. The van der Waals surface area contributed by atoms with E-state index in [0.29, 0.717) is 12.8 Å². The van der Waals surface area contributed by atoms with Crippen LogP contribution in [-0.2, 0) is 33.2 Å². The first kappa shape index (κ1) is 72.3. The van der Waals surface area contributed by atoms with Gasteiger partial charge in [0.15, 0.2) is 18.9 Å². The molecule has 3 saturated heterocycles. The topological polar surface area (TPSA) is 307 Å². The summed E-state index contributed by atoms with van der Waals surface area (Å²) in [6.07, 6.45) is 21.3. The Hall–Kier alpha value is -1.99. The molecule has 0 aromatic rings. The third-order valence-electron chi connectivity index (χ3n) is 15.7. The number of carbonyl (C=O) groups excluding carboxylic acids is 1. The lowest BCUT2D eigenvalue weighted by Crippen LogP contribution is -2.66. The van der Waals surface area contributed by atoms with Gasteiger partial charge in [-0.15, -0.1) is 0 Å². The Balaban J connectivity index is 1.48. The molecule has 17 atom stereocenters. The Morgan fingerprint density at radius 2 is 0.800 bits per heavy atom. The highest BCUT2D eigenvalue weighted by molar-refractivity contribution is 5.76. The number of hydrogen-bond donors (Lipinski definition) is 12. The van der Waals surface area contributed by atoms with Crippen molar-refractivity contribution < 1.29 is 89.4 Å². The summed E-state index contributed by atoms with van der Waals surface area (Å²) < 4.78 is 34.2. The number of nitrogens with one attached hydrogen (secondary N) is 1. The van der Waals surface area contributed by atoms with Gasteiger partial charge in [0.2, 0.25) is 5.91 Å². The largest absolute Gasteiger partial charge is 0.394 e. The number of rotatable bonds is 46. The number of hydrogen-bond acceptors (Lipinski definition) is 18. The smallest absolute Gasteiger partial charge is 0.220 e. The molecule has 80 heavy (non-hydrogen) atoms. The van der Waals surface area contributed by atoms with Gasteiger partial charge in [-0.25, -0.2) is 0 Å². The van der Waals surface area contributed by atoms with Crippen LogP contribution < -0.4 is 5.32 Å². The second kappa shape index (κ2) is 44.5. The molecule has 3 rings (SSSR count). The zero-order valence-electron chi connectivity index (χ0n) is 48.8.